The van der Waals surface area contributed by atoms with Crippen molar-refractivity contribution in [3.8, 4) is 0 Å². The van der Waals surface area contributed by atoms with Crippen LogP contribution in [-0.4, -0.2) is 41.5 Å². The van der Waals surface area contributed by atoms with Crippen molar-refractivity contribution in [2.24, 2.45) is 0 Å². The summed E-state index contributed by atoms with van der Waals surface area (Å²) in [5.74, 6) is 0. The van der Waals surface area contributed by atoms with Crippen LogP contribution in [0.1, 0.15) is 18.0 Å². The molecule has 1 fully saturated rings. The molecule has 94 valence electrons. The van der Waals surface area contributed by atoms with Crippen LogP contribution < -0.4 is 5.32 Å². The molecule has 1 aromatic heterocycles. The molecule has 1 unspecified atom stereocenters. The van der Waals surface area contributed by atoms with Crippen LogP contribution in [0.2, 0.25) is 0 Å². The summed E-state index contributed by atoms with van der Waals surface area (Å²) < 4.78 is 0. The van der Waals surface area contributed by atoms with E-state index >= 15 is 0 Å². The first-order valence-electron chi connectivity index (χ1n) is 6.46. The maximum absolute atomic E-state index is 4.39. The number of nitrogens with one attached hydrogen (secondary N) is 1. The fourth-order valence-corrected chi connectivity index (χ4v) is 2.60. The van der Waals surface area contributed by atoms with Crippen molar-refractivity contribution in [3.63, 3.8) is 0 Å². The first-order valence-corrected chi connectivity index (χ1v) is 6.46. The summed E-state index contributed by atoms with van der Waals surface area (Å²) in [7, 11) is 2.19. The number of aromatic nitrogens is 2. The lowest BCUT2D eigenvalue weighted by molar-refractivity contribution is 0.258. The molecule has 1 aliphatic rings. The van der Waals surface area contributed by atoms with Gasteiger partial charge in [0.1, 0.15) is 0 Å². The third-order valence-electron chi connectivity index (χ3n) is 3.65. The molecule has 0 spiro atoms. The van der Waals surface area contributed by atoms with Gasteiger partial charge >= 0.3 is 0 Å². The van der Waals surface area contributed by atoms with E-state index in [0.29, 0.717) is 6.04 Å². The molecule has 1 N–H and O–H groups in total. The molecule has 0 aliphatic carbocycles. The minimum Gasteiger partial charge on any atom is -0.315 e. The van der Waals surface area contributed by atoms with Crippen LogP contribution in [0.15, 0.2) is 30.6 Å². The number of nitrogens with zero attached hydrogens (tertiary/aromatic N) is 3. The molecular formula is C14H18N4. The maximum atomic E-state index is 4.39. The Bertz CT molecular complexity index is 540. The van der Waals surface area contributed by atoms with Crippen LogP contribution in [0.4, 0.5) is 0 Å². The SMILES string of the molecule is CN1CCNCCC1c1ccc2nccnc2c1. The number of rotatable bonds is 1. The van der Waals surface area contributed by atoms with E-state index in [1.807, 2.05) is 0 Å². The van der Waals surface area contributed by atoms with Crippen molar-refractivity contribution in [1.82, 2.24) is 20.2 Å². The molecule has 1 aromatic carbocycles. The van der Waals surface area contributed by atoms with E-state index in [4.69, 9.17) is 0 Å². The molecule has 3 rings (SSSR count). The van der Waals surface area contributed by atoms with Crippen LogP contribution >= 0.6 is 0 Å². The Morgan fingerprint density at radius 1 is 1.17 bits per heavy atom. The molecule has 0 bridgehead atoms. The summed E-state index contributed by atoms with van der Waals surface area (Å²) in [6.07, 6.45) is 4.64. The Balaban J connectivity index is 1.97. The molecule has 1 aliphatic heterocycles. The van der Waals surface area contributed by atoms with Crippen molar-refractivity contribution in [1.29, 1.82) is 0 Å². The van der Waals surface area contributed by atoms with Crippen molar-refractivity contribution < 1.29 is 0 Å². The largest absolute Gasteiger partial charge is 0.315 e. The van der Waals surface area contributed by atoms with Gasteiger partial charge in [-0.05, 0) is 37.7 Å². The minimum absolute atomic E-state index is 0.478. The van der Waals surface area contributed by atoms with Crippen molar-refractivity contribution >= 4 is 11.0 Å². The molecular weight excluding hydrogens is 224 g/mol. The lowest BCUT2D eigenvalue weighted by Gasteiger charge is -2.25. The quantitative estimate of drug-likeness (QED) is 0.824. The highest BCUT2D eigenvalue weighted by atomic mass is 15.2. The number of fused-ring (bicyclic) bond motifs is 1. The highest BCUT2D eigenvalue weighted by molar-refractivity contribution is 5.74. The molecule has 2 aromatic rings. The second-order valence-electron chi connectivity index (χ2n) is 4.84. The Kier molecular flexibility index (Phi) is 3.21. The Hall–Kier alpha value is -1.52. The van der Waals surface area contributed by atoms with E-state index in [0.717, 1.165) is 37.1 Å². The zero-order valence-electron chi connectivity index (χ0n) is 10.6. The average molecular weight is 242 g/mol. The van der Waals surface area contributed by atoms with E-state index in [2.05, 4.69) is 45.4 Å². The maximum Gasteiger partial charge on any atom is 0.0890 e. The Labute approximate surface area is 107 Å². The van der Waals surface area contributed by atoms with Gasteiger partial charge in [-0.1, -0.05) is 6.07 Å². The number of hydrogen-bond acceptors (Lipinski definition) is 4. The van der Waals surface area contributed by atoms with Gasteiger partial charge in [0.25, 0.3) is 0 Å². The third-order valence-corrected chi connectivity index (χ3v) is 3.65. The van der Waals surface area contributed by atoms with E-state index < -0.39 is 0 Å². The fourth-order valence-electron chi connectivity index (χ4n) is 2.60. The van der Waals surface area contributed by atoms with Gasteiger partial charge in [-0.25, -0.2) is 0 Å². The van der Waals surface area contributed by atoms with Crippen LogP contribution in [-0.2, 0) is 0 Å². The highest BCUT2D eigenvalue weighted by Crippen LogP contribution is 2.25. The third kappa shape index (κ3) is 2.21. The molecule has 1 atom stereocenters. The monoisotopic (exact) mass is 242 g/mol. The first-order chi connectivity index (χ1) is 8.84. The van der Waals surface area contributed by atoms with Gasteiger partial charge in [0.05, 0.1) is 11.0 Å². The standard InChI is InChI=1S/C14H18N4/c1-18-9-8-15-5-4-14(18)11-2-3-12-13(10-11)17-7-6-16-12/h2-3,6-7,10,14-15H,4-5,8-9H2,1H3. The molecule has 2 heterocycles. The highest BCUT2D eigenvalue weighted by Gasteiger charge is 2.19. The topological polar surface area (TPSA) is 41.0 Å². The molecule has 0 saturated carbocycles. The summed E-state index contributed by atoms with van der Waals surface area (Å²) in [4.78, 5) is 11.1. The molecule has 1 saturated heterocycles. The number of hydrogen-bond donors (Lipinski definition) is 1. The van der Waals surface area contributed by atoms with Crippen LogP contribution in [0, 0.1) is 0 Å². The predicted molar refractivity (Wildman–Crippen MR) is 72.4 cm³/mol. The summed E-state index contributed by atoms with van der Waals surface area (Å²) in [5, 5.41) is 3.44. The number of benzene rings is 1. The Morgan fingerprint density at radius 3 is 2.89 bits per heavy atom. The second-order valence-corrected chi connectivity index (χ2v) is 4.84. The van der Waals surface area contributed by atoms with Crippen molar-refractivity contribution in [3.05, 3.63) is 36.2 Å². The second kappa shape index (κ2) is 5.00. The smallest absolute Gasteiger partial charge is 0.0890 e. The zero-order chi connectivity index (χ0) is 12.4. The van der Waals surface area contributed by atoms with E-state index in [1.165, 1.54) is 5.56 Å². The molecule has 4 nitrogen and oxygen atoms in total. The summed E-state index contributed by atoms with van der Waals surface area (Å²) in [6, 6.07) is 6.91. The Morgan fingerprint density at radius 2 is 2.00 bits per heavy atom. The van der Waals surface area contributed by atoms with E-state index in [1.54, 1.807) is 12.4 Å². The van der Waals surface area contributed by atoms with Gasteiger partial charge in [-0.15, -0.1) is 0 Å². The summed E-state index contributed by atoms with van der Waals surface area (Å²) in [6.45, 7) is 3.23. The molecule has 0 radical (unpaired) electrons. The van der Waals surface area contributed by atoms with Gasteiger partial charge in [0.15, 0.2) is 0 Å². The van der Waals surface area contributed by atoms with Crippen LogP contribution in [0.3, 0.4) is 0 Å². The van der Waals surface area contributed by atoms with Gasteiger partial charge in [-0.3, -0.25) is 14.9 Å². The lowest BCUT2D eigenvalue weighted by Crippen LogP contribution is -2.26. The number of likely N-dealkylation sites (N-methyl/N-ethyl adjacent to an activating group) is 1. The molecule has 4 heteroatoms. The van der Waals surface area contributed by atoms with Gasteiger partial charge < -0.3 is 5.32 Å². The summed E-state index contributed by atoms with van der Waals surface area (Å²) >= 11 is 0. The predicted octanol–water partition coefficient (Wildman–Crippen LogP) is 1.60. The summed E-state index contributed by atoms with van der Waals surface area (Å²) in [5.41, 5.74) is 3.30. The molecule has 0 amide bonds. The average Bonchev–Trinajstić information content (AvgIpc) is 2.63. The minimum atomic E-state index is 0.478. The van der Waals surface area contributed by atoms with Crippen LogP contribution in [0.5, 0.6) is 0 Å². The van der Waals surface area contributed by atoms with Crippen molar-refractivity contribution in [2.45, 2.75) is 12.5 Å². The van der Waals surface area contributed by atoms with Crippen LogP contribution in [0.25, 0.3) is 11.0 Å². The van der Waals surface area contributed by atoms with Gasteiger partial charge in [0.2, 0.25) is 0 Å². The van der Waals surface area contributed by atoms with E-state index in [-0.39, 0.29) is 0 Å². The van der Waals surface area contributed by atoms with E-state index in [9.17, 15) is 0 Å². The van der Waals surface area contributed by atoms with Gasteiger partial charge in [0, 0.05) is 31.5 Å². The first kappa shape index (κ1) is 11.6. The normalized spacial score (nSPS) is 21.9. The molecule has 18 heavy (non-hydrogen) atoms. The van der Waals surface area contributed by atoms with Gasteiger partial charge in [-0.2, -0.15) is 0 Å². The zero-order valence-corrected chi connectivity index (χ0v) is 10.6. The lowest BCUT2D eigenvalue weighted by atomic mass is 10.0. The van der Waals surface area contributed by atoms with Crippen molar-refractivity contribution in [2.75, 3.05) is 26.7 Å². The fraction of sp³-hybridized carbons (Fsp3) is 0.429.